The number of carbonyl (C=O) groups excluding carboxylic acids is 1. The lowest BCUT2D eigenvalue weighted by Crippen LogP contribution is -2.04. The zero-order chi connectivity index (χ0) is 7.98. The van der Waals surface area contributed by atoms with Gasteiger partial charge in [0.05, 0.1) is 0 Å². The van der Waals surface area contributed by atoms with Crippen molar-refractivity contribution in [3.05, 3.63) is 0 Å². The second-order valence-corrected chi connectivity index (χ2v) is 2.24. The van der Waals surface area contributed by atoms with Crippen LogP contribution in [0.1, 0.15) is 26.2 Å². The predicted octanol–water partition coefficient (Wildman–Crippen LogP) is 1.08. The first-order valence-electron chi connectivity index (χ1n) is 3.37. The Kier molecular flexibility index (Phi) is 4.54. The van der Waals surface area contributed by atoms with Crippen LogP contribution >= 0.6 is 0 Å². The van der Waals surface area contributed by atoms with Crippen molar-refractivity contribution in [1.82, 2.24) is 0 Å². The molecule has 1 N–H and O–H groups in total. The van der Waals surface area contributed by atoms with Crippen LogP contribution in [0.15, 0.2) is 0 Å². The summed E-state index contributed by atoms with van der Waals surface area (Å²) in [5, 5.41) is 8.24. The van der Waals surface area contributed by atoms with Crippen LogP contribution in [0, 0.1) is 5.92 Å². The van der Waals surface area contributed by atoms with Gasteiger partial charge in [-0.05, 0) is 12.8 Å². The molecule has 1 atom stereocenters. The number of carboxylic acids is 1. The van der Waals surface area contributed by atoms with E-state index in [4.69, 9.17) is 5.11 Å². The van der Waals surface area contributed by atoms with Crippen LogP contribution in [-0.2, 0) is 9.59 Å². The van der Waals surface area contributed by atoms with Crippen molar-refractivity contribution in [2.45, 2.75) is 26.2 Å². The van der Waals surface area contributed by atoms with Crippen molar-refractivity contribution in [3.8, 4) is 0 Å². The lowest BCUT2D eigenvalue weighted by molar-refractivity contribution is -0.137. The van der Waals surface area contributed by atoms with Gasteiger partial charge in [-0.25, -0.2) is 0 Å². The van der Waals surface area contributed by atoms with Crippen LogP contribution < -0.4 is 0 Å². The Morgan fingerprint density at radius 1 is 1.70 bits per heavy atom. The van der Waals surface area contributed by atoms with E-state index in [9.17, 15) is 9.59 Å². The Morgan fingerprint density at radius 3 is 2.60 bits per heavy atom. The number of carbonyl (C=O) groups is 2. The lowest BCUT2D eigenvalue weighted by Gasteiger charge is -2.02. The van der Waals surface area contributed by atoms with Gasteiger partial charge in [-0.3, -0.25) is 4.79 Å². The third-order valence-electron chi connectivity index (χ3n) is 1.45. The summed E-state index contributed by atoms with van der Waals surface area (Å²) in [6.07, 6.45) is 2.12. The van der Waals surface area contributed by atoms with Gasteiger partial charge < -0.3 is 9.90 Å². The van der Waals surface area contributed by atoms with Crippen LogP contribution in [0.3, 0.4) is 0 Å². The molecule has 0 bridgehead atoms. The van der Waals surface area contributed by atoms with Gasteiger partial charge in [0, 0.05) is 12.3 Å². The summed E-state index contributed by atoms with van der Waals surface area (Å²) in [7, 11) is 0. The number of hydrogen-bond donors (Lipinski definition) is 1. The van der Waals surface area contributed by atoms with Crippen molar-refractivity contribution in [1.29, 1.82) is 0 Å². The lowest BCUT2D eigenvalue weighted by atomic mass is 10.0. The molecule has 0 aliphatic carbocycles. The molecule has 3 heteroatoms. The first-order valence-corrected chi connectivity index (χ1v) is 3.37. The maximum absolute atomic E-state index is 10.2. The normalized spacial score (nSPS) is 12.5. The van der Waals surface area contributed by atoms with E-state index >= 15 is 0 Å². The van der Waals surface area contributed by atoms with Gasteiger partial charge in [-0.2, -0.15) is 0 Å². The monoisotopic (exact) mass is 144 g/mol. The summed E-state index contributed by atoms with van der Waals surface area (Å²) in [5.41, 5.74) is 0. The fourth-order valence-electron chi connectivity index (χ4n) is 0.677. The molecule has 0 rings (SSSR count). The maximum atomic E-state index is 10.2. The van der Waals surface area contributed by atoms with E-state index in [1.54, 1.807) is 0 Å². The number of aldehydes is 1. The van der Waals surface area contributed by atoms with Gasteiger partial charge in [0.25, 0.3) is 0 Å². The predicted molar refractivity (Wildman–Crippen MR) is 36.7 cm³/mol. The van der Waals surface area contributed by atoms with Gasteiger partial charge in [0.1, 0.15) is 6.29 Å². The molecular weight excluding hydrogens is 132 g/mol. The van der Waals surface area contributed by atoms with Gasteiger partial charge in [-0.1, -0.05) is 6.92 Å². The molecule has 0 saturated carbocycles. The molecule has 0 aliphatic rings. The van der Waals surface area contributed by atoms with E-state index in [2.05, 4.69) is 0 Å². The summed E-state index contributed by atoms with van der Waals surface area (Å²) < 4.78 is 0. The van der Waals surface area contributed by atoms with E-state index in [1.807, 2.05) is 6.92 Å². The molecule has 0 aromatic heterocycles. The van der Waals surface area contributed by atoms with E-state index in [0.717, 1.165) is 12.7 Å². The Hall–Kier alpha value is -0.860. The summed E-state index contributed by atoms with van der Waals surface area (Å²) in [6.45, 7) is 1.88. The first-order chi connectivity index (χ1) is 4.70. The Morgan fingerprint density at radius 2 is 2.30 bits per heavy atom. The number of carboxylic acid groups (broad SMARTS) is 1. The summed E-state index contributed by atoms with van der Waals surface area (Å²) in [4.78, 5) is 20.2. The smallest absolute Gasteiger partial charge is 0.303 e. The van der Waals surface area contributed by atoms with Gasteiger partial charge in [0.15, 0.2) is 0 Å². The molecule has 0 saturated heterocycles. The molecule has 0 aromatic rings. The van der Waals surface area contributed by atoms with E-state index < -0.39 is 5.97 Å². The minimum absolute atomic E-state index is 0.0731. The van der Waals surface area contributed by atoms with Crippen molar-refractivity contribution in [2.75, 3.05) is 0 Å². The highest BCUT2D eigenvalue weighted by molar-refractivity contribution is 5.67. The molecule has 10 heavy (non-hydrogen) atoms. The van der Waals surface area contributed by atoms with Crippen LogP contribution in [0.2, 0.25) is 0 Å². The third kappa shape index (κ3) is 4.06. The summed E-state index contributed by atoms with van der Waals surface area (Å²) >= 11 is 0. The van der Waals surface area contributed by atoms with Crippen molar-refractivity contribution in [2.24, 2.45) is 5.92 Å². The zero-order valence-electron chi connectivity index (χ0n) is 6.04. The highest BCUT2D eigenvalue weighted by atomic mass is 16.4. The fraction of sp³-hybridized carbons (Fsp3) is 0.714. The van der Waals surface area contributed by atoms with Crippen LogP contribution in [0.25, 0.3) is 0 Å². The molecule has 0 aromatic carbocycles. The molecule has 58 valence electrons. The highest BCUT2D eigenvalue weighted by Gasteiger charge is 2.06. The maximum Gasteiger partial charge on any atom is 0.303 e. The van der Waals surface area contributed by atoms with Crippen LogP contribution in [0.5, 0.6) is 0 Å². The molecule has 0 radical (unpaired) electrons. The minimum Gasteiger partial charge on any atom is -0.481 e. The molecule has 0 heterocycles. The van der Waals surface area contributed by atoms with E-state index in [1.165, 1.54) is 0 Å². The van der Waals surface area contributed by atoms with E-state index in [0.29, 0.717) is 6.42 Å². The largest absolute Gasteiger partial charge is 0.481 e. The van der Waals surface area contributed by atoms with Crippen LogP contribution in [0.4, 0.5) is 0 Å². The zero-order valence-corrected chi connectivity index (χ0v) is 6.04. The summed E-state index contributed by atoms with van der Waals surface area (Å²) in [5.74, 6) is -0.906. The Bertz CT molecular complexity index is 120. The van der Waals surface area contributed by atoms with Crippen LogP contribution in [-0.4, -0.2) is 17.4 Å². The fourth-order valence-corrected chi connectivity index (χ4v) is 0.677. The second-order valence-electron chi connectivity index (χ2n) is 2.24. The third-order valence-corrected chi connectivity index (χ3v) is 1.45. The van der Waals surface area contributed by atoms with Crippen molar-refractivity contribution >= 4 is 12.3 Å². The SMILES string of the molecule is CCC(C=O)CCC(=O)O. The minimum atomic E-state index is -0.833. The molecule has 0 aliphatic heterocycles. The quantitative estimate of drug-likeness (QED) is 0.587. The Labute approximate surface area is 60.0 Å². The van der Waals surface area contributed by atoms with Crippen molar-refractivity contribution in [3.63, 3.8) is 0 Å². The molecule has 1 unspecified atom stereocenters. The molecule has 0 spiro atoms. The van der Waals surface area contributed by atoms with E-state index in [-0.39, 0.29) is 12.3 Å². The Balaban J connectivity index is 3.44. The topological polar surface area (TPSA) is 54.4 Å². The molecular formula is C7H12O3. The summed E-state index contributed by atoms with van der Waals surface area (Å²) in [6, 6.07) is 0. The number of hydrogen-bond acceptors (Lipinski definition) is 2. The molecule has 3 nitrogen and oxygen atoms in total. The van der Waals surface area contributed by atoms with Gasteiger partial charge in [-0.15, -0.1) is 0 Å². The first kappa shape index (κ1) is 9.14. The second kappa shape index (κ2) is 4.97. The molecule has 0 amide bonds. The number of aliphatic carboxylic acids is 1. The van der Waals surface area contributed by atoms with Gasteiger partial charge >= 0.3 is 5.97 Å². The van der Waals surface area contributed by atoms with Crippen molar-refractivity contribution < 1.29 is 14.7 Å². The average molecular weight is 144 g/mol. The number of rotatable bonds is 5. The van der Waals surface area contributed by atoms with Gasteiger partial charge in [0.2, 0.25) is 0 Å². The molecule has 0 fully saturated rings. The standard InChI is InChI=1S/C7H12O3/c1-2-6(5-8)3-4-7(9)10/h5-6H,2-4H2,1H3,(H,9,10). The highest BCUT2D eigenvalue weighted by Crippen LogP contribution is 2.06. The average Bonchev–Trinajstić information content (AvgIpc) is 1.90.